The molecule has 6 aromatic carbocycles. The highest BCUT2D eigenvalue weighted by atomic mass is 32.2. The van der Waals surface area contributed by atoms with E-state index in [9.17, 15) is 0 Å². The average Bonchev–Trinajstić information content (AvgIpc) is 3.74. The average molecular weight is 774 g/mol. The molecule has 0 amide bonds. The Balaban J connectivity index is 1.06. The van der Waals surface area contributed by atoms with Gasteiger partial charge in [-0.3, -0.25) is 0 Å². The summed E-state index contributed by atoms with van der Waals surface area (Å²) in [5.41, 5.74) is 18.7. The van der Waals surface area contributed by atoms with Gasteiger partial charge in [0.05, 0.1) is 5.69 Å². The zero-order valence-electron chi connectivity index (χ0n) is 35.0. The lowest BCUT2D eigenvalue weighted by atomic mass is 9.57. The van der Waals surface area contributed by atoms with Crippen LogP contribution in [-0.4, -0.2) is 0 Å². The first-order valence-corrected chi connectivity index (χ1v) is 23.0. The van der Waals surface area contributed by atoms with Crippen LogP contribution in [0, 0.1) is 23.7 Å². The van der Waals surface area contributed by atoms with Gasteiger partial charge < -0.3 is 4.90 Å². The lowest BCUT2D eigenvalue weighted by Crippen LogP contribution is -2.44. The fourth-order valence-corrected chi connectivity index (χ4v) is 15.0. The summed E-state index contributed by atoms with van der Waals surface area (Å²) in [4.78, 5) is 5.60. The van der Waals surface area contributed by atoms with Crippen molar-refractivity contribution in [2.24, 2.45) is 23.7 Å². The minimum Gasteiger partial charge on any atom is -0.310 e. The van der Waals surface area contributed by atoms with Crippen LogP contribution in [0.2, 0.25) is 0 Å². The summed E-state index contributed by atoms with van der Waals surface area (Å²) in [6, 6.07) is 50.2. The van der Waals surface area contributed by atoms with Crippen molar-refractivity contribution in [2.45, 2.75) is 112 Å². The zero-order valence-corrected chi connectivity index (χ0v) is 35.8. The van der Waals surface area contributed by atoms with E-state index in [4.69, 9.17) is 0 Å². The molecule has 1 aliphatic heterocycles. The van der Waals surface area contributed by atoms with Crippen LogP contribution in [0.5, 0.6) is 0 Å². The quantitative estimate of drug-likeness (QED) is 0.176. The molecule has 4 bridgehead atoms. The molecule has 1 spiro atoms. The van der Waals surface area contributed by atoms with Crippen molar-refractivity contribution < 1.29 is 0 Å². The van der Waals surface area contributed by atoms with Crippen LogP contribution in [0.1, 0.15) is 113 Å². The minimum absolute atomic E-state index is 0.0412. The molecule has 4 saturated carbocycles. The first-order valence-electron chi connectivity index (χ1n) is 22.2. The predicted molar refractivity (Wildman–Crippen MR) is 243 cm³/mol. The van der Waals surface area contributed by atoms with Crippen molar-refractivity contribution in [1.29, 1.82) is 0 Å². The molecule has 0 radical (unpaired) electrons. The van der Waals surface area contributed by atoms with Crippen molar-refractivity contribution >= 4 is 28.8 Å². The van der Waals surface area contributed by atoms with Gasteiger partial charge in [-0.1, -0.05) is 138 Å². The van der Waals surface area contributed by atoms with Crippen molar-refractivity contribution in [3.8, 4) is 22.3 Å². The fourth-order valence-electron chi connectivity index (χ4n) is 13.8. The summed E-state index contributed by atoms with van der Waals surface area (Å²) >= 11 is 2.01. The van der Waals surface area contributed by atoms with Gasteiger partial charge in [-0.25, -0.2) is 0 Å². The van der Waals surface area contributed by atoms with E-state index in [0.717, 1.165) is 11.8 Å². The molecule has 5 unspecified atom stereocenters. The molecule has 13 rings (SSSR count). The first-order chi connectivity index (χ1) is 27.9. The van der Waals surface area contributed by atoms with Gasteiger partial charge in [0.15, 0.2) is 0 Å². The molecular weight excluding hydrogens is 719 g/mol. The third kappa shape index (κ3) is 4.73. The van der Waals surface area contributed by atoms with Gasteiger partial charge in [-0.05, 0) is 166 Å². The topological polar surface area (TPSA) is 3.24 Å². The third-order valence-electron chi connectivity index (χ3n) is 16.6. The molecule has 6 aliphatic carbocycles. The zero-order chi connectivity index (χ0) is 39.3. The van der Waals surface area contributed by atoms with E-state index in [0.29, 0.717) is 11.8 Å². The maximum atomic E-state index is 2.66. The maximum Gasteiger partial charge on any atom is 0.0514 e. The second-order valence-corrected chi connectivity index (χ2v) is 21.9. The van der Waals surface area contributed by atoms with Crippen molar-refractivity contribution in [2.75, 3.05) is 4.90 Å². The molecule has 0 N–H and O–H groups in total. The lowest BCUT2D eigenvalue weighted by Gasteiger charge is -2.50. The molecule has 0 aromatic heterocycles. The number of benzene rings is 6. The highest BCUT2D eigenvalue weighted by Gasteiger charge is 2.66. The number of hydrogen-bond acceptors (Lipinski definition) is 2. The van der Waals surface area contributed by atoms with E-state index in [-0.39, 0.29) is 21.7 Å². The summed E-state index contributed by atoms with van der Waals surface area (Å²) in [5.74, 6) is 3.13. The molecular formula is C56H55NS. The number of hydrogen-bond donors (Lipinski definition) is 0. The predicted octanol–water partition coefficient (Wildman–Crippen LogP) is 15.3. The Morgan fingerprint density at radius 2 is 1.21 bits per heavy atom. The molecule has 2 heteroatoms. The Bertz CT molecular complexity index is 2670. The van der Waals surface area contributed by atoms with Crippen LogP contribution in [0.15, 0.2) is 137 Å². The standard InChI is InChI=1S/C56H55NS/c1-53(2)26-27-54(3,4)48-32-36(20-25-44(48)53)35-18-21-39(22-19-35)57(40-23-24-42-41-12-7-8-13-43(41)55(5,6)47(42)33-40)49-15-11-17-51-52(49)56(45-14-9-10-16-50(45)58-51)38-29-34-28-37(31-38)46(56)30-34/h7-25,32-34,37-38,46H,26-31H2,1-6H3. The molecule has 7 aliphatic rings. The van der Waals surface area contributed by atoms with Gasteiger partial charge in [0.2, 0.25) is 0 Å². The molecule has 1 heterocycles. The third-order valence-corrected chi connectivity index (χ3v) is 17.7. The van der Waals surface area contributed by atoms with Gasteiger partial charge in [0.25, 0.3) is 0 Å². The monoisotopic (exact) mass is 773 g/mol. The number of nitrogens with zero attached hydrogens (tertiary/aromatic N) is 1. The molecule has 6 aromatic rings. The maximum absolute atomic E-state index is 2.66. The summed E-state index contributed by atoms with van der Waals surface area (Å²) in [6.45, 7) is 14.6. The second kappa shape index (κ2) is 12.0. The van der Waals surface area contributed by atoms with Crippen LogP contribution in [-0.2, 0) is 21.7 Å². The largest absolute Gasteiger partial charge is 0.310 e. The summed E-state index contributed by atoms with van der Waals surface area (Å²) in [7, 11) is 0. The number of fused-ring (bicyclic) bond motifs is 6. The Labute approximate surface area is 350 Å². The van der Waals surface area contributed by atoms with Crippen LogP contribution in [0.4, 0.5) is 17.1 Å². The van der Waals surface area contributed by atoms with Crippen LogP contribution in [0.3, 0.4) is 0 Å². The molecule has 0 saturated heterocycles. The summed E-state index contributed by atoms with van der Waals surface area (Å²) in [5, 5.41) is 0. The van der Waals surface area contributed by atoms with Gasteiger partial charge in [0.1, 0.15) is 0 Å². The fraction of sp³-hybridized carbons (Fsp3) is 0.357. The Morgan fingerprint density at radius 1 is 0.517 bits per heavy atom. The van der Waals surface area contributed by atoms with E-state index < -0.39 is 0 Å². The van der Waals surface area contributed by atoms with Crippen LogP contribution in [0.25, 0.3) is 22.3 Å². The van der Waals surface area contributed by atoms with Gasteiger partial charge >= 0.3 is 0 Å². The molecule has 290 valence electrons. The van der Waals surface area contributed by atoms with E-state index in [1.165, 1.54) is 110 Å². The Hall–Kier alpha value is -4.53. The number of anilines is 3. The van der Waals surface area contributed by atoms with Crippen LogP contribution >= 0.6 is 11.8 Å². The first kappa shape index (κ1) is 35.4. The van der Waals surface area contributed by atoms with Gasteiger partial charge in [-0.2, -0.15) is 0 Å². The minimum atomic E-state index is -0.0815. The van der Waals surface area contributed by atoms with Gasteiger partial charge in [0, 0.05) is 37.6 Å². The Kier molecular flexibility index (Phi) is 7.35. The van der Waals surface area contributed by atoms with E-state index >= 15 is 0 Å². The van der Waals surface area contributed by atoms with Crippen molar-refractivity contribution in [3.63, 3.8) is 0 Å². The molecule has 1 nitrogen and oxygen atoms in total. The highest BCUT2D eigenvalue weighted by molar-refractivity contribution is 7.99. The normalized spacial score (nSPS) is 26.8. The van der Waals surface area contributed by atoms with E-state index in [1.54, 1.807) is 11.1 Å². The van der Waals surface area contributed by atoms with E-state index in [1.807, 2.05) is 11.8 Å². The van der Waals surface area contributed by atoms with Crippen molar-refractivity contribution in [3.05, 3.63) is 161 Å². The van der Waals surface area contributed by atoms with Crippen LogP contribution < -0.4 is 4.90 Å². The SMILES string of the molecule is CC1(C)CCC(C)(C)c2cc(-c3ccc(N(c4ccc5c(c4)C(C)(C)c4ccccc4-5)c4cccc5c4C4(c6ccccc6S5)C5CC6CC(C5)C4C6)cc3)ccc21. The molecule has 4 fully saturated rings. The van der Waals surface area contributed by atoms with E-state index in [2.05, 4.69) is 174 Å². The second-order valence-electron chi connectivity index (χ2n) is 20.8. The Morgan fingerprint density at radius 3 is 2.02 bits per heavy atom. The summed E-state index contributed by atoms with van der Waals surface area (Å²) in [6.07, 6.45) is 8.01. The summed E-state index contributed by atoms with van der Waals surface area (Å²) < 4.78 is 0. The molecule has 58 heavy (non-hydrogen) atoms. The van der Waals surface area contributed by atoms with Gasteiger partial charge in [-0.15, -0.1) is 0 Å². The highest BCUT2D eigenvalue weighted by Crippen LogP contribution is 2.73. The molecule has 5 atom stereocenters. The smallest absolute Gasteiger partial charge is 0.0514 e. The lowest BCUT2D eigenvalue weighted by molar-refractivity contribution is 0.181. The van der Waals surface area contributed by atoms with Crippen molar-refractivity contribution in [1.82, 2.24) is 0 Å². The number of rotatable bonds is 4.